The molecular formula is C27H47N3O. The van der Waals surface area contributed by atoms with Crippen molar-refractivity contribution in [3.8, 4) is 5.75 Å². The van der Waals surface area contributed by atoms with Gasteiger partial charge in [0.2, 0.25) is 0 Å². The van der Waals surface area contributed by atoms with E-state index in [1.807, 2.05) is 0 Å². The molecule has 0 N–H and O–H groups in total. The minimum Gasteiger partial charge on any atom is -0.453 e. The second-order valence-corrected chi connectivity index (χ2v) is 10.6. The Hall–Kier alpha value is -1.52. The van der Waals surface area contributed by atoms with Gasteiger partial charge >= 0.3 is 0 Å². The topological polar surface area (TPSA) is 19.0 Å². The highest BCUT2D eigenvalue weighted by Crippen LogP contribution is 2.45. The van der Waals surface area contributed by atoms with Crippen LogP contribution in [0.1, 0.15) is 88.6 Å². The van der Waals surface area contributed by atoms with Crippen LogP contribution in [0.25, 0.3) is 6.08 Å². The molecular weight excluding hydrogens is 382 g/mol. The van der Waals surface area contributed by atoms with Crippen LogP contribution in [0.2, 0.25) is 0 Å². The maximum Gasteiger partial charge on any atom is 0.265 e. The molecule has 4 heteroatoms. The van der Waals surface area contributed by atoms with Gasteiger partial charge in [0, 0.05) is 41.8 Å². The van der Waals surface area contributed by atoms with E-state index in [-0.39, 0.29) is 0 Å². The van der Waals surface area contributed by atoms with Gasteiger partial charge in [0.25, 0.3) is 5.85 Å². The fourth-order valence-electron chi connectivity index (χ4n) is 5.63. The van der Waals surface area contributed by atoms with Crippen LogP contribution in [0.5, 0.6) is 5.75 Å². The fourth-order valence-corrected chi connectivity index (χ4v) is 5.63. The first-order valence-corrected chi connectivity index (χ1v) is 12.2. The predicted octanol–water partition coefficient (Wildman–Crippen LogP) is 6.43. The molecule has 0 aromatic heterocycles. The second-order valence-electron chi connectivity index (χ2n) is 10.6. The Kier molecular flexibility index (Phi) is 8.27. The molecule has 0 amide bonds. The van der Waals surface area contributed by atoms with Gasteiger partial charge in [0.05, 0.1) is 5.70 Å². The second kappa shape index (κ2) is 9.95. The van der Waals surface area contributed by atoms with Gasteiger partial charge in [-0.25, -0.2) is 9.80 Å². The standard InChI is InChI=1S/C27H47N3O/c1-18(2)28(19(3)4)26-17-24-15-13-14-16-25(24)31-27(26,29(20(5)6)21(7)8)30(22(9)10)23(11)12/h13-23H,1-12H3. The molecule has 1 aromatic carbocycles. The van der Waals surface area contributed by atoms with E-state index in [0.717, 1.165) is 11.3 Å². The molecule has 4 nitrogen and oxygen atoms in total. The van der Waals surface area contributed by atoms with Gasteiger partial charge in [-0.15, -0.1) is 0 Å². The normalized spacial score (nSPS) is 16.2. The lowest BCUT2D eigenvalue weighted by Crippen LogP contribution is -2.74. The molecule has 0 aliphatic carbocycles. The molecule has 2 rings (SSSR count). The van der Waals surface area contributed by atoms with Crippen molar-refractivity contribution < 1.29 is 4.74 Å². The Morgan fingerprint density at radius 2 is 1.03 bits per heavy atom. The van der Waals surface area contributed by atoms with Crippen LogP contribution in [0.3, 0.4) is 0 Å². The summed E-state index contributed by atoms with van der Waals surface area (Å²) in [5, 5.41) is 0. The summed E-state index contributed by atoms with van der Waals surface area (Å²) in [6.45, 7) is 27.5. The molecule has 0 spiro atoms. The summed E-state index contributed by atoms with van der Waals surface area (Å²) in [7, 11) is 0. The third-order valence-corrected chi connectivity index (χ3v) is 6.11. The lowest BCUT2D eigenvalue weighted by molar-refractivity contribution is -0.226. The molecule has 0 saturated heterocycles. The summed E-state index contributed by atoms with van der Waals surface area (Å²) >= 11 is 0. The van der Waals surface area contributed by atoms with E-state index in [4.69, 9.17) is 4.74 Å². The van der Waals surface area contributed by atoms with Crippen LogP contribution in [-0.4, -0.2) is 56.8 Å². The lowest BCUT2D eigenvalue weighted by atomic mass is 9.96. The molecule has 1 aromatic rings. The third kappa shape index (κ3) is 4.80. The Morgan fingerprint density at radius 3 is 1.42 bits per heavy atom. The van der Waals surface area contributed by atoms with Crippen molar-refractivity contribution in [2.75, 3.05) is 0 Å². The zero-order valence-electron chi connectivity index (χ0n) is 22.1. The van der Waals surface area contributed by atoms with Crippen molar-refractivity contribution >= 4 is 6.08 Å². The van der Waals surface area contributed by atoms with Gasteiger partial charge in [0.15, 0.2) is 0 Å². The van der Waals surface area contributed by atoms with Gasteiger partial charge in [0.1, 0.15) is 5.75 Å². The average molecular weight is 430 g/mol. The highest BCUT2D eigenvalue weighted by atomic mass is 16.5. The maximum atomic E-state index is 7.22. The predicted molar refractivity (Wildman–Crippen MR) is 134 cm³/mol. The molecule has 0 fully saturated rings. The first kappa shape index (κ1) is 25.7. The van der Waals surface area contributed by atoms with Crippen molar-refractivity contribution in [3.63, 3.8) is 0 Å². The van der Waals surface area contributed by atoms with Crippen LogP contribution in [0, 0.1) is 0 Å². The van der Waals surface area contributed by atoms with E-state index in [1.165, 1.54) is 5.70 Å². The van der Waals surface area contributed by atoms with Crippen molar-refractivity contribution in [3.05, 3.63) is 35.5 Å². The van der Waals surface area contributed by atoms with Gasteiger partial charge in [-0.2, -0.15) is 0 Å². The summed E-state index contributed by atoms with van der Waals surface area (Å²) in [6, 6.07) is 10.4. The highest BCUT2D eigenvalue weighted by molar-refractivity contribution is 5.64. The largest absolute Gasteiger partial charge is 0.453 e. The van der Waals surface area contributed by atoms with Crippen LogP contribution >= 0.6 is 0 Å². The molecule has 1 aliphatic heterocycles. The molecule has 0 atom stereocenters. The van der Waals surface area contributed by atoms with Crippen molar-refractivity contribution in [1.82, 2.24) is 14.7 Å². The summed E-state index contributed by atoms with van der Waals surface area (Å²) in [6.07, 6.45) is 2.38. The van der Waals surface area contributed by atoms with E-state index >= 15 is 0 Å². The Morgan fingerprint density at radius 1 is 0.613 bits per heavy atom. The summed E-state index contributed by atoms with van der Waals surface area (Å²) in [5.74, 6) is 0.254. The monoisotopic (exact) mass is 429 g/mol. The van der Waals surface area contributed by atoms with Crippen molar-refractivity contribution in [2.24, 2.45) is 0 Å². The molecule has 1 heterocycles. The van der Waals surface area contributed by atoms with Gasteiger partial charge < -0.3 is 9.64 Å². The quantitative estimate of drug-likeness (QED) is 0.421. The van der Waals surface area contributed by atoms with Gasteiger partial charge in [-0.3, -0.25) is 0 Å². The lowest BCUT2D eigenvalue weighted by Gasteiger charge is -2.60. The maximum absolute atomic E-state index is 7.22. The summed E-state index contributed by atoms with van der Waals surface area (Å²) in [5.41, 5.74) is 2.39. The van der Waals surface area contributed by atoms with Crippen LogP contribution in [-0.2, 0) is 0 Å². The van der Waals surface area contributed by atoms with Crippen LogP contribution in [0.4, 0.5) is 0 Å². The number of hydrogen-bond acceptors (Lipinski definition) is 4. The first-order valence-electron chi connectivity index (χ1n) is 12.2. The number of rotatable bonds is 9. The Labute approximate surface area is 192 Å². The molecule has 0 radical (unpaired) electrons. The molecule has 0 unspecified atom stereocenters. The minimum atomic E-state index is -0.701. The number of nitrogens with zero attached hydrogens (tertiary/aromatic N) is 3. The zero-order chi connectivity index (χ0) is 23.7. The third-order valence-electron chi connectivity index (χ3n) is 6.11. The van der Waals surface area contributed by atoms with E-state index in [2.05, 4.69) is 128 Å². The van der Waals surface area contributed by atoms with Crippen LogP contribution in [0.15, 0.2) is 30.0 Å². The van der Waals surface area contributed by atoms with Crippen molar-refractivity contribution in [2.45, 2.75) is 125 Å². The minimum absolute atomic E-state index is 0.301. The summed E-state index contributed by atoms with van der Waals surface area (Å²) in [4.78, 5) is 7.67. The summed E-state index contributed by atoms with van der Waals surface area (Å²) < 4.78 is 7.22. The molecule has 0 saturated carbocycles. The smallest absolute Gasteiger partial charge is 0.265 e. The van der Waals surface area contributed by atoms with Crippen molar-refractivity contribution in [1.29, 1.82) is 0 Å². The average Bonchev–Trinajstić information content (AvgIpc) is 2.60. The van der Waals surface area contributed by atoms with Gasteiger partial charge in [-0.05, 0) is 95.2 Å². The Balaban J connectivity index is 2.99. The number of hydrogen-bond donors (Lipinski definition) is 0. The number of benzene rings is 1. The van der Waals surface area contributed by atoms with Crippen LogP contribution < -0.4 is 4.74 Å². The zero-order valence-corrected chi connectivity index (χ0v) is 22.1. The van der Waals surface area contributed by atoms with E-state index in [0.29, 0.717) is 36.3 Å². The fraction of sp³-hybridized carbons (Fsp3) is 0.704. The van der Waals surface area contributed by atoms with E-state index in [9.17, 15) is 0 Å². The Bertz CT molecular complexity index is 705. The van der Waals surface area contributed by atoms with Gasteiger partial charge in [-0.1, -0.05) is 18.2 Å². The number of ether oxygens (including phenoxy) is 1. The first-order chi connectivity index (χ1) is 14.4. The number of fused-ring (bicyclic) bond motifs is 1. The van der Waals surface area contributed by atoms with E-state index in [1.54, 1.807) is 0 Å². The molecule has 0 bridgehead atoms. The molecule has 1 aliphatic rings. The molecule has 31 heavy (non-hydrogen) atoms. The van der Waals surface area contributed by atoms with E-state index < -0.39 is 5.85 Å². The number of para-hydroxylation sites is 1. The highest BCUT2D eigenvalue weighted by Gasteiger charge is 2.56. The molecule has 176 valence electrons. The SMILES string of the molecule is CC(C)N(C1=Cc2ccccc2OC1(N(C(C)C)C(C)C)N(C(C)C)C(C)C)C(C)C.